The van der Waals surface area contributed by atoms with Gasteiger partial charge in [0.25, 0.3) is 0 Å². The number of thiophene rings is 1. The molecule has 1 aliphatic heterocycles. The van der Waals surface area contributed by atoms with E-state index in [1.54, 1.807) is 11.3 Å². The Labute approximate surface area is 146 Å². The minimum absolute atomic E-state index is 0.00857. The summed E-state index contributed by atoms with van der Waals surface area (Å²) in [6.45, 7) is 3.24. The number of aromatic nitrogens is 1. The number of hydrogen-bond donors (Lipinski definition) is 1. The molecule has 2 aromatic heterocycles. The minimum atomic E-state index is -0.0324. The van der Waals surface area contributed by atoms with Crippen molar-refractivity contribution in [3.63, 3.8) is 0 Å². The summed E-state index contributed by atoms with van der Waals surface area (Å²) in [6.07, 6.45) is 1.91. The van der Waals surface area contributed by atoms with Crippen LogP contribution in [-0.4, -0.2) is 48.2 Å². The van der Waals surface area contributed by atoms with Gasteiger partial charge < -0.3 is 19.6 Å². The van der Waals surface area contributed by atoms with Gasteiger partial charge in [0.05, 0.1) is 17.8 Å². The molecule has 0 saturated carbocycles. The summed E-state index contributed by atoms with van der Waals surface area (Å²) >= 11 is 1.71. The predicted molar refractivity (Wildman–Crippen MR) is 94.1 cm³/mol. The first-order valence-electron chi connectivity index (χ1n) is 8.24. The SMILES string of the molecule is Cc1cc([C@@H]2CCCN2C(=O)NC[C@H](c2cccs2)N(C)C)on1. The van der Waals surface area contributed by atoms with Crippen molar-refractivity contribution in [1.29, 1.82) is 0 Å². The van der Waals surface area contributed by atoms with Crippen molar-refractivity contribution < 1.29 is 9.32 Å². The van der Waals surface area contributed by atoms with E-state index in [0.29, 0.717) is 6.54 Å². The van der Waals surface area contributed by atoms with Crippen molar-refractivity contribution >= 4 is 17.4 Å². The van der Waals surface area contributed by atoms with Crippen LogP contribution in [0.15, 0.2) is 28.1 Å². The Bertz CT molecular complexity index is 668. The van der Waals surface area contributed by atoms with E-state index in [4.69, 9.17) is 4.52 Å². The van der Waals surface area contributed by atoms with Crippen LogP contribution in [0, 0.1) is 6.92 Å². The van der Waals surface area contributed by atoms with Crippen LogP contribution in [0.5, 0.6) is 0 Å². The molecule has 1 fully saturated rings. The van der Waals surface area contributed by atoms with Gasteiger partial charge in [-0.25, -0.2) is 4.79 Å². The van der Waals surface area contributed by atoms with Gasteiger partial charge in [0.15, 0.2) is 5.76 Å². The first-order chi connectivity index (χ1) is 11.6. The average molecular weight is 348 g/mol. The van der Waals surface area contributed by atoms with Crippen molar-refractivity contribution in [2.45, 2.75) is 31.8 Å². The molecule has 0 spiro atoms. The molecule has 1 aliphatic rings. The number of aryl methyl sites for hydroxylation is 1. The van der Waals surface area contributed by atoms with E-state index >= 15 is 0 Å². The average Bonchev–Trinajstić information content (AvgIpc) is 3.27. The molecule has 7 heteroatoms. The third-order valence-corrected chi connectivity index (χ3v) is 5.40. The van der Waals surface area contributed by atoms with Crippen molar-refractivity contribution in [2.75, 3.05) is 27.2 Å². The molecule has 3 heterocycles. The zero-order valence-electron chi connectivity index (χ0n) is 14.4. The highest BCUT2D eigenvalue weighted by Crippen LogP contribution is 2.32. The maximum absolute atomic E-state index is 12.7. The smallest absolute Gasteiger partial charge is 0.318 e. The van der Waals surface area contributed by atoms with Crippen LogP contribution in [-0.2, 0) is 0 Å². The number of carbonyl (C=O) groups excluding carboxylic acids is 1. The molecule has 2 atom stereocenters. The Morgan fingerprint density at radius 3 is 3.04 bits per heavy atom. The number of nitrogens with one attached hydrogen (secondary N) is 1. The molecule has 1 saturated heterocycles. The lowest BCUT2D eigenvalue weighted by Gasteiger charge is -2.27. The maximum atomic E-state index is 12.7. The summed E-state index contributed by atoms with van der Waals surface area (Å²) in [5, 5.41) is 9.10. The number of hydrogen-bond acceptors (Lipinski definition) is 5. The second-order valence-electron chi connectivity index (χ2n) is 6.40. The first kappa shape index (κ1) is 17.0. The van der Waals surface area contributed by atoms with Gasteiger partial charge in [0, 0.05) is 24.0 Å². The number of likely N-dealkylation sites (N-methyl/N-ethyl adjacent to an activating group) is 1. The van der Waals surface area contributed by atoms with E-state index in [0.717, 1.165) is 30.8 Å². The Balaban J connectivity index is 1.63. The van der Waals surface area contributed by atoms with Crippen LogP contribution in [0.1, 0.15) is 41.3 Å². The molecule has 0 unspecified atom stereocenters. The maximum Gasteiger partial charge on any atom is 0.318 e. The number of carbonyl (C=O) groups is 1. The van der Waals surface area contributed by atoms with E-state index in [-0.39, 0.29) is 18.1 Å². The number of urea groups is 1. The second kappa shape index (κ2) is 7.36. The molecule has 2 amide bonds. The molecule has 1 N–H and O–H groups in total. The topological polar surface area (TPSA) is 61.6 Å². The summed E-state index contributed by atoms with van der Waals surface area (Å²) < 4.78 is 5.37. The Hall–Kier alpha value is -1.86. The molecular formula is C17H24N4O2S. The number of likely N-dealkylation sites (tertiary alicyclic amines) is 1. The summed E-state index contributed by atoms with van der Waals surface area (Å²) in [5.41, 5.74) is 0.850. The monoisotopic (exact) mass is 348 g/mol. The summed E-state index contributed by atoms with van der Waals surface area (Å²) in [6, 6.07) is 6.21. The highest BCUT2D eigenvalue weighted by atomic mass is 32.1. The van der Waals surface area contributed by atoms with Crippen LogP contribution in [0.4, 0.5) is 4.79 Å². The molecule has 0 aromatic carbocycles. The van der Waals surface area contributed by atoms with Gasteiger partial charge in [-0.05, 0) is 45.3 Å². The van der Waals surface area contributed by atoms with Gasteiger partial charge in [-0.15, -0.1) is 11.3 Å². The number of nitrogens with zero attached hydrogens (tertiary/aromatic N) is 3. The first-order valence-corrected chi connectivity index (χ1v) is 9.11. The molecule has 6 nitrogen and oxygen atoms in total. The van der Waals surface area contributed by atoms with Crippen LogP contribution < -0.4 is 5.32 Å². The largest absolute Gasteiger partial charge is 0.359 e. The normalized spacial score (nSPS) is 19.0. The summed E-state index contributed by atoms with van der Waals surface area (Å²) in [7, 11) is 4.07. The molecule has 0 radical (unpaired) electrons. The van der Waals surface area contributed by atoms with E-state index in [1.807, 2.05) is 38.1 Å². The fourth-order valence-corrected chi connectivity index (χ4v) is 4.07. The van der Waals surface area contributed by atoms with Gasteiger partial charge in [-0.3, -0.25) is 0 Å². The highest BCUT2D eigenvalue weighted by molar-refractivity contribution is 7.10. The third-order valence-electron chi connectivity index (χ3n) is 4.43. The van der Waals surface area contributed by atoms with E-state index in [2.05, 4.69) is 26.8 Å². The lowest BCUT2D eigenvalue weighted by molar-refractivity contribution is 0.178. The quantitative estimate of drug-likeness (QED) is 0.901. The van der Waals surface area contributed by atoms with E-state index < -0.39 is 0 Å². The standard InChI is InChI=1S/C17H24N4O2S/c1-12-10-15(23-19-12)13-6-4-8-21(13)17(22)18-11-14(20(2)3)16-7-5-9-24-16/h5,7,9-10,13-14H,4,6,8,11H2,1-3H3,(H,18,22)/t13-,14+/m0/s1. The van der Waals surface area contributed by atoms with E-state index in [9.17, 15) is 4.79 Å². The van der Waals surface area contributed by atoms with Gasteiger partial charge >= 0.3 is 6.03 Å². The molecule has 0 aliphatic carbocycles. The van der Waals surface area contributed by atoms with Gasteiger partial charge in [0.2, 0.25) is 0 Å². The van der Waals surface area contributed by atoms with Gasteiger partial charge in [-0.2, -0.15) is 0 Å². The predicted octanol–water partition coefficient (Wildman–Crippen LogP) is 3.19. The zero-order valence-corrected chi connectivity index (χ0v) is 15.2. The second-order valence-corrected chi connectivity index (χ2v) is 7.38. The summed E-state index contributed by atoms with van der Waals surface area (Å²) in [4.78, 5) is 17.9. The van der Waals surface area contributed by atoms with Crippen molar-refractivity contribution in [2.24, 2.45) is 0 Å². The lowest BCUT2D eigenvalue weighted by atomic mass is 10.1. The van der Waals surface area contributed by atoms with Crippen LogP contribution >= 0.6 is 11.3 Å². The van der Waals surface area contributed by atoms with Crippen molar-refractivity contribution in [3.05, 3.63) is 39.9 Å². The highest BCUT2D eigenvalue weighted by Gasteiger charge is 2.33. The minimum Gasteiger partial charge on any atom is -0.359 e. The van der Waals surface area contributed by atoms with Crippen LogP contribution in [0.2, 0.25) is 0 Å². The molecule has 130 valence electrons. The fraction of sp³-hybridized carbons (Fsp3) is 0.529. The molecule has 24 heavy (non-hydrogen) atoms. The van der Waals surface area contributed by atoms with Crippen LogP contribution in [0.3, 0.4) is 0 Å². The van der Waals surface area contributed by atoms with E-state index in [1.165, 1.54) is 4.88 Å². The van der Waals surface area contributed by atoms with Gasteiger partial charge in [-0.1, -0.05) is 11.2 Å². The molecule has 0 bridgehead atoms. The lowest BCUT2D eigenvalue weighted by Crippen LogP contribution is -2.42. The van der Waals surface area contributed by atoms with Crippen LogP contribution in [0.25, 0.3) is 0 Å². The fourth-order valence-electron chi connectivity index (χ4n) is 3.15. The van der Waals surface area contributed by atoms with Crippen molar-refractivity contribution in [3.8, 4) is 0 Å². The van der Waals surface area contributed by atoms with Gasteiger partial charge in [0.1, 0.15) is 0 Å². The summed E-state index contributed by atoms with van der Waals surface area (Å²) in [5.74, 6) is 0.780. The molecular weight excluding hydrogens is 324 g/mol. The Morgan fingerprint density at radius 1 is 1.58 bits per heavy atom. The molecule has 2 aromatic rings. The Morgan fingerprint density at radius 2 is 2.42 bits per heavy atom. The third kappa shape index (κ3) is 3.62. The number of rotatable bonds is 5. The number of amides is 2. The van der Waals surface area contributed by atoms with Crippen molar-refractivity contribution in [1.82, 2.24) is 20.3 Å². The Kier molecular flexibility index (Phi) is 5.20. The molecule has 3 rings (SSSR count). The zero-order chi connectivity index (χ0) is 17.1.